The Morgan fingerprint density at radius 1 is 1.43 bits per heavy atom. The molecule has 3 rings (SSSR count). The van der Waals surface area contributed by atoms with Crippen molar-refractivity contribution in [2.24, 2.45) is 0 Å². The lowest BCUT2D eigenvalue weighted by Crippen LogP contribution is -2.28. The van der Waals surface area contributed by atoms with Crippen LogP contribution in [0.5, 0.6) is 11.5 Å². The van der Waals surface area contributed by atoms with Gasteiger partial charge in [0.15, 0.2) is 23.0 Å². The van der Waals surface area contributed by atoms with Crippen LogP contribution in [-0.4, -0.2) is 42.7 Å². The average Bonchev–Trinajstić information content (AvgIpc) is 3.06. The van der Waals surface area contributed by atoms with Gasteiger partial charge in [0.2, 0.25) is 0 Å². The van der Waals surface area contributed by atoms with Crippen molar-refractivity contribution in [3.63, 3.8) is 0 Å². The number of aromatic nitrogens is 1. The summed E-state index contributed by atoms with van der Waals surface area (Å²) in [4.78, 5) is 10.9. The molecule has 2 aromatic rings. The van der Waals surface area contributed by atoms with Gasteiger partial charge in [-0.15, -0.1) is 0 Å². The Kier molecular flexibility index (Phi) is 4.47. The summed E-state index contributed by atoms with van der Waals surface area (Å²) >= 11 is 0. The molecule has 0 aliphatic carbocycles. The summed E-state index contributed by atoms with van der Waals surface area (Å²) < 4.78 is 21.9. The number of benzene rings is 1. The fourth-order valence-corrected chi connectivity index (χ4v) is 2.50. The van der Waals surface area contributed by atoms with Gasteiger partial charge in [-0.25, -0.2) is 4.79 Å². The minimum absolute atomic E-state index is 0.0304. The van der Waals surface area contributed by atoms with Crippen molar-refractivity contribution in [2.45, 2.75) is 18.9 Å². The standard InChI is InChI=1S/C16H17NO6/c1-20-15-11(14-8-12(16(18)19)17-23-14)5-2-6-13(15)22-10-4-3-7-21-9-10/h2,5-6,8,10H,3-4,7,9H2,1H3,(H,18,19). The van der Waals surface area contributed by atoms with Gasteiger partial charge in [-0.05, 0) is 25.0 Å². The van der Waals surface area contributed by atoms with E-state index in [9.17, 15) is 4.79 Å². The first-order valence-corrected chi connectivity index (χ1v) is 7.31. The van der Waals surface area contributed by atoms with Crippen LogP contribution in [0.3, 0.4) is 0 Å². The molecule has 23 heavy (non-hydrogen) atoms. The first kappa shape index (κ1) is 15.4. The Morgan fingerprint density at radius 2 is 2.30 bits per heavy atom. The minimum atomic E-state index is -1.15. The Labute approximate surface area is 132 Å². The Bertz CT molecular complexity index is 690. The van der Waals surface area contributed by atoms with Crippen LogP contribution in [0, 0.1) is 0 Å². The third-order valence-corrected chi connectivity index (χ3v) is 3.59. The molecule has 1 saturated heterocycles. The maximum Gasteiger partial charge on any atom is 0.358 e. The molecule has 1 N–H and O–H groups in total. The SMILES string of the molecule is COc1c(OC2CCCOC2)cccc1-c1cc(C(=O)O)no1. The van der Waals surface area contributed by atoms with Crippen molar-refractivity contribution in [2.75, 3.05) is 20.3 Å². The number of carboxylic acid groups (broad SMARTS) is 1. The van der Waals surface area contributed by atoms with Crippen LogP contribution in [-0.2, 0) is 4.74 Å². The molecule has 0 bridgehead atoms. The molecule has 1 aliphatic rings. The summed E-state index contributed by atoms with van der Waals surface area (Å²) in [5.74, 6) is 0.204. The zero-order valence-electron chi connectivity index (χ0n) is 12.7. The molecule has 1 fully saturated rings. The Hall–Kier alpha value is -2.54. The molecular formula is C16H17NO6. The van der Waals surface area contributed by atoms with E-state index in [0.29, 0.717) is 29.4 Å². The van der Waals surface area contributed by atoms with E-state index in [1.54, 1.807) is 18.2 Å². The predicted molar refractivity (Wildman–Crippen MR) is 79.9 cm³/mol. The van der Waals surface area contributed by atoms with Crippen LogP contribution in [0.2, 0.25) is 0 Å². The van der Waals surface area contributed by atoms with E-state index in [1.165, 1.54) is 13.2 Å². The molecule has 0 radical (unpaired) electrons. The van der Waals surface area contributed by atoms with Gasteiger partial charge in [0.25, 0.3) is 0 Å². The Balaban J connectivity index is 1.90. The summed E-state index contributed by atoms with van der Waals surface area (Å²) in [5.41, 5.74) is 0.427. The first-order chi connectivity index (χ1) is 11.2. The highest BCUT2D eigenvalue weighted by Crippen LogP contribution is 2.39. The van der Waals surface area contributed by atoms with E-state index in [2.05, 4.69) is 5.16 Å². The van der Waals surface area contributed by atoms with Gasteiger partial charge < -0.3 is 23.8 Å². The number of methoxy groups -OCH3 is 1. The first-order valence-electron chi connectivity index (χ1n) is 7.31. The van der Waals surface area contributed by atoms with E-state index < -0.39 is 5.97 Å². The fourth-order valence-electron chi connectivity index (χ4n) is 2.50. The zero-order valence-corrected chi connectivity index (χ0v) is 12.7. The second-order valence-electron chi connectivity index (χ2n) is 5.18. The molecule has 0 saturated carbocycles. The number of carboxylic acids is 1. The van der Waals surface area contributed by atoms with Crippen molar-refractivity contribution < 1.29 is 28.6 Å². The largest absolute Gasteiger partial charge is 0.492 e. The second-order valence-corrected chi connectivity index (χ2v) is 5.18. The van der Waals surface area contributed by atoms with Crippen LogP contribution >= 0.6 is 0 Å². The third-order valence-electron chi connectivity index (χ3n) is 3.59. The van der Waals surface area contributed by atoms with E-state index >= 15 is 0 Å². The number of hydrogen-bond donors (Lipinski definition) is 1. The van der Waals surface area contributed by atoms with Crippen LogP contribution in [0.25, 0.3) is 11.3 Å². The van der Waals surface area contributed by atoms with E-state index in [-0.39, 0.29) is 11.8 Å². The fraction of sp³-hybridized carbons (Fsp3) is 0.375. The lowest BCUT2D eigenvalue weighted by atomic mass is 10.1. The summed E-state index contributed by atoms with van der Waals surface area (Å²) in [6.07, 6.45) is 1.84. The molecule has 1 atom stereocenters. The molecular weight excluding hydrogens is 302 g/mol. The Morgan fingerprint density at radius 3 is 2.96 bits per heavy atom. The summed E-state index contributed by atoms with van der Waals surface area (Å²) in [6.45, 7) is 1.30. The van der Waals surface area contributed by atoms with Crippen LogP contribution in [0.4, 0.5) is 0 Å². The van der Waals surface area contributed by atoms with Crippen molar-refractivity contribution in [1.82, 2.24) is 5.16 Å². The number of aromatic carboxylic acids is 1. The second kappa shape index (κ2) is 6.70. The molecule has 1 aromatic heterocycles. The summed E-state index contributed by atoms with van der Waals surface area (Å²) in [5, 5.41) is 12.5. The molecule has 1 aromatic carbocycles. The average molecular weight is 319 g/mol. The van der Waals surface area contributed by atoms with E-state index in [4.69, 9.17) is 23.8 Å². The maximum atomic E-state index is 10.9. The quantitative estimate of drug-likeness (QED) is 0.905. The van der Waals surface area contributed by atoms with Gasteiger partial charge >= 0.3 is 5.97 Å². The molecule has 2 heterocycles. The van der Waals surface area contributed by atoms with Gasteiger partial charge in [-0.3, -0.25) is 0 Å². The van der Waals surface area contributed by atoms with Crippen LogP contribution < -0.4 is 9.47 Å². The number of rotatable bonds is 5. The van der Waals surface area contributed by atoms with Gasteiger partial charge in [0.05, 0.1) is 19.3 Å². The molecule has 122 valence electrons. The molecule has 7 heteroatoms. The predicted octanol–water partition coefficient (Wildman–Crippen LogP) is 2.61. The third kappa shape index (κ3) is 3.29. The number of hydrogen-bond acceptors (Lipinski definition) is 6. The maximum absolute atomic E-state index is 10.9. The zero-order chi connectivity index (χ0) is 16.2. The molecule has 0 amide bonds. The molecule has 1 unspecified atom stereocenters. The van der Waals surface area contributed by atoms with Gasteiger partial charge in [-0.2, -0.15) is 0 Å². The van der Waals surface area contributed by atoms with Crippen LogP contribution in [0.15, 0.2) is 28.8 Å². The number of nitrogens with zero attached hydrogens (tertiary/aromatic N) is 1. The monoisotopic (exact) mass is 319 g/mol. The lowest BCUT2D eigenvalue weighted by Gasteiger charge is -2.24. The number of carbonyl (C=O) groups is 1. The number of ether oxygens (including phenoxy) is 3. The van der Waals surface area contributed by atoms with Crippen molar-refractivity contribution in [3.05, 3.63) is 30.0 Å². The van der Waals surface area contributed by atoms with Crippen LogP contribution in [0.1, 0.15) is 23.3 Å². The lowest BCUT2D eigenvalue weighted by molar-refractivity contribution is 0.00647. The number of para-hydroxylation sites is 1. The van der Waals surface area contributed by atoms with E-state index in [0.717, 1.165) is 19.4 Å². The molecule has 0 spiro atoms. The topological polar surface area (TPSA) is 91.0 Å². The summed E-state index contributed by atoms with van der Waals surface area (Å²) in [6, 6.07) is 6.70. The highest BCUT2D eigenvalue weighted by atomic mass is 16.5. The molecule has 1 aliphatic heterocycles. The smallest absolute Gasteiger partial charge is 0.358 e. The molecule has 7 nitrogen and oxygen atoms in total. The normalized spacial score (nSPS) is 17.7. The highest BCUT2D eigenvalue weighted by Gasteiger charge is 2.21. The van der Waals surface area contributed by atoms with Gasteiger partial charge in [0.1, 0.15) is 6.10 Å². The van der Waals surface area contributed by atoms with Crippen molar-refractivity contribution in [3.8, 4) is 22.8 Å². The van der Waals surface area contributed by atoms with Gasteiger partial charge in [0, 0.05) is 12.7 Å². The highest BCUT2D eigenvalue weighted by molar-refractivity contribution is 5.87. The summed E-state index contributed by atoms with van der Waals surface area (Å²) in [7, 11) is 1.53. The van der Waals surface area contributed by atoms with Gasteiger partial charge in [-0.1, -0.05) is 11.2 Å². The minimum Gasteiger partial charge on any atom is -0.492 e. The van der Waals surface area contributed by atoms with Crippen molar-refractivity contribution in [1.29, 1.82) is 0 Å². The van der Waals surface area contributed by atoms with Crippen molar-refractivity contribution >= 4 is 5.97 Å². The van der Waals surface area contributed by atoms with E-state index in [1.807, 2.05) is 0 Å².